The molecule has 2 aromatic rings. The number of ether oxygens (including phenoxy) is 1. The summed E-state index contributed by atoms with van der Waals surface area (Å²) in [5.74, 6) is 0.726. The maximum Gasteiger partial charge on any atom is 0.225 e. The zero-order valence-corrected chi connectivity index (χ0v) is 17.5. The maximum atomic E-state index is 13.1. The summed E-state index contributed by atoms with van der Waals surface area (Å²) in [6.45, 7) is 5.16. The van der Waals surface area contributed by atoms with Gasteiger partial charge in [-0.2, -0.15) is 0 Å². The summed E-state index contributed by atoms with van der Waals surface area (Å²) in [5, 5.41) is 3.10. The van der Waals surface area contributed by atoms with E-state index in [0.29, 0.717) is 32.4 Å². The highest BCUT2D eigenvalue weighted by Crippen LogP contribution is 2.38. The smallest absolute Gasteiger partial charge is 0.225 e. The number of nitrogens with one attached hydrogen (secondary N) is 1. The van der Waals surface area contributed by atoms with E-state index < -0.39 is 0 Å². The molecule has 0 spiro atoms. The highest BCUT2D eigenvalue weighted by atomic mass is 16.5. The molecule has 154 valence electrons. The van der Waals surface area contributed by atoms with Crippen molar-refractivity contribution in [2.24, 2.45) is 5.92 Å². The third kappa shape index (κ3) is 4.61. The van der Waals surface area contributed by atoms with Crippen LogP contribution in [0.1, 0.15) is 42.5 Å². The fraction of sp³-hybridized carbons (Fsp3) is 0.417. The molecule has 1 saturated heterocycles. The number of carbonyl (C=O) groups is 2. The molecule has 29 heavy (non-hydrogen) atoms. The van der Waals surface area contributed by atoms with Gasteiger partial charge in [-0.15, -0.1) is 0 Å². The Bertz CT molecular complexity index is 865. The first-order valence-electron chi connectivity index (χ1n) is 10.3. The van der Waals surface area contributed by atoms with Gasteiger partial charge in [0.05, 0.1) is 19.1 Å². The predicted octanol–water partition coefficient (Wildman–Crippen LogP) is 3.66. The second kappa shape index (κ2) is 9.59. The number of piperidine rings is 1. The molecule has 2 amide bonds. The van der Waals surface area contributed by atoms with Crippen molar-refractivity contribution >= 4 is 11.8 Å². The van der Waals surface area contributed by atoms with Gasteiger partial charge in [-0.1, -0.05) is 42.5 Å². The van der Waals surface area contributed by atoms with Crippen molar-refractivity contribution in [1.29, 1.82) is 0 Å². The number of rotatable bonds is 7. The summed E-state index contributed by atoms with van der Waals surface area (Å²) in [6.07, 6.45) is 1.70. The molecule has 0 radical (unpaired) electrons. The number of aryl methyl sites for hydroxylation is 1. The van der Waals surface area contributed by atoms with Gasteiger partial charge in [-0.3, -0.25) is 9.59 Å². The van der Waals surface area contributed by atoms with Gasteiger partial charge in [0, 0.05) is 19.5 Å². The Kier molecular flexibility index (Phi) is 6.91. The molecule has 3 rings (SSSR count). The van der Waals surface area contributed by atoms with Crippen LogP contribution in [0, 0.1) is 12.8 Å². The van der Waals surface area contributed by atoms with Crippen molar-refractivity contribution < 1.29 is 14.3 Å². The van der Waals surface area contributed by atoms with E-state index in [4.69, 9.17) is 4.74 Å². The van der Waals surface area contributed by atoms with Crippen molar-refractivity contribution in [3.63, 3.8) is 0 Å². The van der Waals surface area contributed by atoms with Crippen LogP contribution in [0.25, 0.3) is 0 Å². The van der Waals surface area contributed by atoms with Gasteiger partial charge in [0.15, 0.2) is 0 Å². The minimum atomic E-state index is -0.244. The fourth-order valence-electron chi connectivity index (χ4n) is 4.26. The van der Waals surface area contributed by atoms with E-state index >= 15 is 0 Å². The van der Waals surface area contributed by atoms with Crippen molar-refractivity contribution in [1.82, 2.24) is 10.2 Å². The lowest BCUT2D eigenvalue weighted by Crippen LogP contribution is -2.48. The van der Waals surface area contributed by atoms with E-state index in [1.54, 1.807) is 7.11 Å². The van der Waals surface area contributed by atoms with Crippen LogP contribution in [-0.2, 0) is 16.0 Å². The molecule has 1 heterocycles. The quantitative estimate of drug-likeness (QED) is 0.780. The highest BCUT2D eigenvalue weighted by Gasteiger charge is 2.40. The standard InChI is InChI=1S/C24H30N2O3/c1-4-26-22(27)14-13-20(23(26)19-11-7-5-9-17(19)2)24(28)25-16-15-18-10-6-8-12-21(18)29-3/h5-12,20,23H,4,13-16H2,1-3H3,(H,25,28)/t20-,23+/m1/s1. The van der Waals surface area contributed by atoms with E-state index in [1.807, 2.05) is 67.3 Å². The lowest BCUT2D eigenvalue weighted by Gasteiger charge is -2.41. The van der Waals surface area contributed by atoms with Gasteiger partial charge in [0.25, 0.3) is 0 Å². The molecule has 1 aliphatic heterocycles. The fourth-order valence-corrected chi connectivity index (χ4v) is 4.26. The topological polar surface area (TPSA) is 58.6 Å². The lowest BCUT2D eigenvalue weighted by molar-refractivity contribution is -0.143. The average Bonchev–Trinajstić information content (AvgIpc) is 2.74. The van der Waals surface area contributed by atoms with E-state index in [2.05, 4.69) is 5.32 Å². The van der Waals surface area contributed by atoms with Crippen molar-refractivity contribution in [3.8, 4) is 5.75 Å². The molecule has 2 atom stereocenters. The number of hydrogen-bond acceptors (Lipinski definition) is 3. The van der Waals surface area contributed by atoms with Crippen LogP contribution in [0.3, 0.4) is 0 Å². The summed E-state index contributed by atoms with van der Waals surface area (Å²) < 4.78 is 5.39. The Morgan fingerprint density at radius 3 is 2.62 bits per heavy atom. The molecule has 0 aromatic heterocycles. The highest BCUT2D eigenvalue weighted by molar-refractivity contribution is 5.85. The van der Waals surface area contributed by atoms with E-state index in [0.717, 1.165) is 22.4 Å². The first kappa shape index (κ1) is 20.9. The predicted molar refractivity (Wildman–Crippen MR) is 114 cm³/mol. The van der Waals surface area contributed by atoms with Crippen LogP contribution in [-0.4, -0.2) is 36.9 Å². The van der Waals surface area contributed by atoms with Crippen LogP contribution in [0.2, 0.25) is 0 Å². The Balaban J connectivity index is 1.75. The number of para-hydroxylation sites is 1. The van der Waals surface area contributed by atoms with E-state index in [9.17, 15) is 9.59 Å². The normalized spacial score (nSPS) is 19.1. The Labute approximate surface area is 173 Å². The Morgan fingerprint density at radius 1 is 1.17 bits per heavy atom. The number of amides is 2. The number of hydrogen-bond donors (Lipinski definition) is 1. The maximum absolute atomic E-state index is 13.1. The van der Waals surface area contributed by atoms with Crippen LogP contribution < -0.4 is 10.1 Å². The summed E-state index contributed by atoms with van der Waals surface area (Å²) in [7, 11) is 1.66. The summed E-state index contributed by atoms with van der Waals surface area (Å²) in [5.41, 5.74) is 3.24. The second-order valence-corrected chi connectivity index (χ2v) is 7.48. The zero-order valence-electron chi connectivity index (χ0n) is 17.5. The second-order valence-electron chi connectivity index (χ2n) is 7.48. The van der Waals surface area contributed by atoms with Crippen LogP contribution in [0.4, 0.5) is 0 Å². The lowest BCUT2D eigenvalue weighted by atomic mass is 9.82. The Hall–Kier alpha value is -2.82. The number of benzene rings is 2. The van der Waals surface area contributed by atoms with E-state index in [-0.39, 0.29) is 23.8 Å². The van der Waals surface area contributed by atoms with Gasteiger partial charge in [0.2, 0.25) is 11.8 Å². The number of methoxy groups -OCH3 is 1. The molecule has 1 N–H and O–H groups in total. The van der Waals surface area contributed by atoms with Crippen LogP contribution >= 0.6 is 0 Å². The van der Waals surface area contributed by atoms with E-state index in [1.165, 1.54) is 0 Å². The molecule has 2 aromatic carbocycles. The number of likely N-dealkylation sites (tertiary alicyclic amines) is 1. The molecular formula is C24H30N2O3. The minimum absolute atomic E-state index is 0.0131. The summed E-state index contributed by atoms with van der Waals surface area (Å²) in [6, 6.07) is 15.7. The molecule has 1 fully saturated rings. The largest absolute Gasteiger partial charge is 0.496 e. The average molecular weight is 395 g/mol. The molecule has 0 saturated carbocycles. The van der Waals surface area contributed by atoms with Gasteiger partial charge in [-0.05, 0) is 49.4 Å². The molecular weight excluding hydrogens is 364 g/mol. The van der Waals surface area contributed by atoms with Gasteiger partial charge in [-0.25, -0.2) is 0 Å². The number of carbonyl (C=O) groups excluding carboxylic acids is 2. The van der Waals surface area contributed by atoms with Crippen LogP contribution in [0.5, 0.6) is 5.75 Å². The minimum Gasteiger partial charge on any atom is -0.496 e. The van der Waals surface area contributed by atoms with Crippen molar-refractivity contribution in [3.05, 3.63) is 65.2 Å². The van der Waals surface area contributed by atoms with Crippen LogP contribution in [0.15, 0.2) is 48.5 Å². The molecule has 5 nitrogen and oxygen atoms in total. The zero-order chi connectivity index (χ0) is 20.8. The first-order chi connectivity index (χ1) is 14.1. The molecule has 0 bridgehead atoms. The first-order valence-corrected chi connectivity index (χ1v) is 10.3. The summed E-state index contributed by atoms with van der Waals surface area (Å²) in [4.78, 5) is 27.5. The number of nitrogens with zero attached hydrogens (tertiary/aromatic N) is 1. The SMILES string of the molecule is CCN1C(=O)CC[C@@H](C(=O)NCCc2ccccc2OC)[C@@H]1c1ccccc1C. The third-order valence-electron chi connectivity index (χ3n) is 5.78. The van der Waals surface area contributed by atoms with Gasteiger partial charge < -0.3 is 15.0 Å². The molecule has 0 unspecified atom stereocenters. The summed E-state index contributed by atoms with van der Waals surface area (Å²) >= 11 is 0. The third-order valence-corrected chi connectivity index (χ3v) is 5.78. The van der Waals surface area contributed by atoms with Gasteiger partial charge in [0.1, 0.15) is 5.75 Å². The molecule has 1 aliphatic rings. The van der Waals surface area contributed by atoms with Crippen molar-refractivity contribution in [2.75, 3.05) is 20.2 Å². The molecule has 5 heteroatoms. The van der Waals surface area contributed by atoms with Crippen molar-refractivity contribution in [2.45, 2.75) is 39.2 Å². The Morgan fingerprint density at radius 2 is 1.90 bits per heavy atom. The monoisotopic (exact) mass is 394 g/mol. The van der Waals surface area contributed by atoms with Gasteiger partial charge >= 0.3 is 0 Å². The molecule has 0 aliphatic carbocycles.